The minimum atomic E-state index is -0.627. The lowest BCUT2D eigenvalue weighted by molar-refractivity contribution is -0.385. The summed E-state index contributed by atoms with van der Waals surface area (Å²) in [5.41, 5.74) is 0.260. The molecule has 0 bridgehead atoms. The van der Waals surface area contributed by atoms with Gasteiger partial charge in [0.25, 0.3) is 5.69 Å². The molecule has 1 saturated heterocycles. The molecule has 1 heterocycles. The van der Waals surface area contributed by atoms with E-state index in [0.29, 0.717) is 31.9 Å². The smallest absolute Gasteiger partial charge is 0.272 e. The van der Waals surface area contributed by atoms with Crippen molar-refractivity contribution in [1.29, 1.82) is 0 Å². The Labute approximate surface area is 109 Å². The lowest BCUT2D eigenvalue weighted by Gasteiger charge is -2.34. The number of ether oxygens (including phenoxy) is 1. The highest BCUT2D eigenvalue weighted by Crippen LogP contribution is 2.19. The predicted octanol–water partition coefficient (Wildman–Crippen LogP) is 0.927. The van der Waals surface area contributed by atoms with E-state index in [1.54, 1.807) is 0 Å². The summed E-state index contributed by atoms with van der Waals surface area (Å²) in [6.07, 6.45) is 0. The first kappa shape index (κ1) is 13.9. The van der Waals surface area contributed by atoms with E-state index >= 15 is 0 Å². The molecule has 7 heteroatoms. The van der Waals surface area contributed by atoms with Crippen LogP contribution >= 0.6 is 0 Å². The number of rotatable bonds is 4. The van der Waals surface area contributed by atoms with Crippen molar-refractivity contribution in [3.05, 3.63) is 39.7 Å². The van der Waals surface area contributed by atoms with Crippen LogP contribution < -0.4 is 0 Å². The Morgan fingerprint density at radius 1 is 1.53 bits per heavy atom. The Morgan fingerprint density at radius 2 is 2.32 bits per heavy atom. The van der Waals surface area contributed by atoms with Crippen LogP contribution in [0.5, 0.6) is 0 Å². The SMILES string of the molecule is O=[N+]([O-])c1cc(F)cc(CN2CCOCC2CO)c1. The number of nitro benzene ring substituents is 1. The average Bonchev–Trinajstić information content (AvgIpc) is 2.38. The minimum absolute atomic E-state index is 0.0581. The maximum atomic E-state index is 13.3. The third-order valence-electron chi connectivity index (χ3n) is 3.10. The molecule has 2 rings (SSSR count). The maximum absolute atomic E-state index is 13.3. The van der Waals surface area contributed by atoms with E-state index in [2.05, 4.69) is 0 Å². The van der Waals surface area contributed by atoms with Crippen LogP contribution in [-0.2, 0) is 11.3 Å². The van der Waals surface area contributed by atoms with Gasteiger partial charge in [-0.05, 0) is 11.6 Å². The number of hydrogen-bond donors (Lipinski definition) is 1. The molecule has 1 fully saturated rings. The first-order valence-electron chi connectivity index (χ1n) is 5.96. The van der Waals surface area contributed by atoms with Crippen LogP contribution in [0.1, 0.15) is 5.56 Å². The molecular weight excluding hydrogens is 255 g/mol. The summed E-state index contributed by atoms with van der Waals surface area (Å²) in [7, 11) is 0. The van der Waals surface area contributed by atoms with E-state index in [-0.39, 0.29) is 18.3 Å². The third-order valence-corrected chi connectivity index (χ3v) is 3.10. The summed E-state index contributed by atoms with van der Waals surface area (Å²) in [5.74, 6) is -0.627. The van der Waals surface area contributed by atoms with Crippen LogP contribution in [0.2, 0.25) is 0 Å². The Balaban J connectivity index is 2.15. The monoisotopic (exact) mass is 270 g/mol. The van der Waals surface area contributed by atoms with Crippen molar-refractivity contribution in [2.75, 3.05) is 26.4 Å². The highest BCUT2D eigenvalue weighted by molar-refractivity contribution is 5.35. The number of halogens is 1. The van der Waals surface area contributed by atoms with Gasteiger partial charge < -0.3 is 9.84 Å². The predicted molar refractivity (Wildman–Crippen MR) is 65.2 cm³/mol. The van der Waals surface area contributed by atoms with Crippen molar-refractivity contribution in [2.24, 2.45) is 0 Å². The van der Waals surface area contributed by atoms with Crippen molar-refractivity contribution < 1.29 is 19.2 Å². The van der Waals surface area contributed by atoms with Crippen molar-refractivity contribution in [3.63, 3.8) is 0 Å². The van der Waals surface area contributed by atoms with Crippen molar-refractivity contribution in [1.82, 2.24) is 4.90 Å². The highest BCUT2D eigenvalue weighted by atomic mass is 19.1. The number of benzene rings is 1. The van der Waals surface area contributed by atoms with E-state index in [0.717, 1.165) is 6.07 Å². The van der Waals surface area contributed by atoms with Crippen LogP contribution in [0.3, 0.4) is 0 Å². The van der Waals surface area contributed by atoms with Gasteiger partial charge in [0.15, 0.2) is 0 Å². The molecule has 1 N–H and O–H groups in total. The molecule has 1 aromatic rings. The van der Waals surface area contributed by atoms with Gasteiger partial charge in [0.1, 0.15) is 5.82 Å². The maximum Gasteiger partial charge on any atom is 0.272 e. The second kappa shape index (κ2) is 6.05. The Morgan fingerprint density at radius 3 is 3.00 bits per heavy atom. The molecule has 6 nitrogen and oxygen atoms in total. The quantitative estimate of drug-likeness (QED) is 0.650. The summed E-state index contributed by atoms with van der Waals surface area (Å²) < 4.78 is 18.6. The van der Waals surface area contributed by atoms with E-state index < -0.39 is 10.7 Å². The van der Waals surface area contributed by atoms with Crippen molar-refractivity contribution in [3.8, 4) is 0 Å². The lowest BCUT2D eigenvalue weighted by Crippen LogP contribution is -2.46. The van der Waals surface area contributed by atoms with Gasteiger partial charge in [0.05, 0.1) is 36.9 Å². The van der Waals surface area contributed by atoms with Crippen molar-refractivity contribution in [2.45, 2.75) is 12.6 Å². The van der Waals surface area contributed by atoms with E-state index in [9.17, 15) is 19.6 Å². The van der Waals surface area contributed by atoms with E-state index in [4.69, 9.17) is 4.74 Å². The van der Waals surface area contributed by atoms with Crippen molar-refractivity contribution >= 4 is 5.69 Å². The summed E-state index contributed by atoms with van der Waals surface area (Å²) in [4.78, 5) is 12.0. The van der Waals surface area contributed by atoms with Gasteiger partial charge in [-0.25, -0.2) is 4.39 Å². The lowest BCUT2D eigenvalue weighted by atomic mass is 10.1. The molecule has 0 radical (unpaired) electrons. The second-order valence-electron chi connectivity index (χ2n) is 4.46. The third kappa shape index (κ3) is 3.46. The molecule has 0 aromatic heterocycles. The zero-order valence-electron chi connectivity index (χ0n) is 10.3. The number of morpholine rings is 1. The topological polar surface area (TPSA) is 75.8 Å². The van der Waals surface area contributed by atoms with Crippen LogP contribution in [0.15, 0.2) is 18.2 Å². The number of nitrogens with zero attached hydrogens (tertiary/aromatic N) is 2. The summed E-state index contributed by atoms with van der Waals surface area (Å²) in [5, 5.41) is 19.9. The Kier molecular flexibility index (Phi) is 4.41. The van der Waals surface area contributed by atoms with Gasteiger partial charge >= 0.3 is 0 Å². The van der Waals surface area contributed by atoms with Gasteiger partial charge in [-0.3, -0.25) is 15.0 Å². The molecule has 104 valence electrons. The molecule has 1 unspecified atom stereocenters. The average molecular weight is 270 g/mol. The normalized spacial score (nSPS) is 20.4. The molecular formula is C12H15FN2O4. The number of nitro groups is 1. The van der Waals surface area contributed by atoms with Gasteiger partial charge in [0.2, 0.25) is 0 Å². The largest absolute Gasteiger partial charge is 0.395 e. The molecule has 1 atom stereocenters. The zero-order chi connectivity index (χ0) is 13.8. The molecule has 1 aliphatic heterocycles. The Bertz CT molecular complexity index is 469. The number of hydrogen-bond acceptors (Lipinski definition) is 5. The highest BCUT2D eigenvalue weighted by Gasteiger charge is 2.23. The Hall–Kier alpha value is -1.57. The van der Waals surface area contributed by atoms with E-state index in [1.807, 2.05) is 4.90 Å². The van der Waals surface area contributed by atoms with Crippen LogP contribution in [0.25, 0.3) is 0 Å². The van der Waals surface area contributed by atoms with Crippen LogP contribution in [-0.4, -0.2) is 47.3 Å². The summed E-state index contributed by atoms with van der Waals surface area (Å²) in [6.45, 7) is 1.85. The number of aliphatic hydroxyl groups excluding tert-OH is 1. The fourth-order valence-corrected chi connectivity index (χ4v) is 2.13. The molecule has 0 aliphatic carbocycles. The number of non-ortho nitro benzene ring substituents is 1. The standard InChI is InChI=1S/C12H15FN2O4/c13-10-3-9(4-11(5-10)15(17)18)6-14-1-2-19-8-12(14)7-16/h3-5,12,16H,1-2,6-8H2. The van der Waals surface area contributed by atoms with Crippen LogP contribution in [0.4, 0.5) is 10.1 Å². The van der Waals surface area contributed by atoms with Gasteiger partial charge in [-0.2, -0.15) is 0 Å². The summed E-state index contributed by atoms with van der Waals surface area (Å²) in [6, 6.07) is 3.37. The van der Waals surface area contributed by atoms with Gasteiger partial charge in [-0.15, -0.1) is 0 Å². The molecule has 19 heavy (non-hydrogen) atoms. The van der Waals surface area contributed by atoms with Crippen LogP contribution in [0, 0.1) is 15.9 Å². The second-order valence-corrected chi connectivity index (χ2v) is 4.46. The fourth-order valence-electron chi connectivity index (χ4n) is 2.13. The molecule has 0 saturated carbocycles. The van der Waals surface area contributed by atoms with E-state index in [1.165, 1.54) is 12.1 Å². The number of aliphatic hydroxyl groups is 1. The molecule has 0 amide bonds. The van der Waals surface area contributed by atoms with Gasteiger partial charge in [-0.1, -0.05) is 0 Å². The minimum Gasteiger partial charge on any atom is -0.395 e. The van der Waals surface area contributed by atoms with Gasteiger partial charge in [0, 0.05) is 19.2 Å². The first-order chi connectivity index (χ1) is 9.10. The molecule has 0 spiro atoms. The molecule has 1 aromatic carbocycles. The first-order valence-corrected chi connectivity index (χ1v) is 5.96. The fraction of sp³-hybridized carbons (Fsp3) is 0.500. The summed E-state index contributed by atoms with van der Waals surface area (Å²) >= 11 is 0. The zero-order valence-corrected chi connectivity index (χ0v) is 10.3. The molecule has 1 aliphatic rings.